The lowest BCUT2D eigenvalue weighted by Crippen LogP contribution is -2.30. The summed E-state index contributed by atoms with van der Waals surface area (Å²) >= 11 is 0. The number of nitrogens with two attached hydrogens (primary N) is 2. The van der Waals surface area contributed by atoms with Crippen LogP contribution in [0.2, 0.25) is 0 Å². The van der Waals surface area contributed by atoms with Crippen LogP contribution in [0.4, 0.5) is 0 Å². The van der Waals surface area contributed by atoms with E-state index in [9.17, 15) is 4.79 Å². The average Bonchev–Trinajstić information content (AvgIpc) is 1.59. The highest BCUT2D eigenvalue weighted by molar-refractivity contribution is 5.85. The van der Waals surface area contributed by atoms with Crippen LogP contribution >= 0.6 is 0 Å². The summed E-state index contributed by atoms with van der Waals surface area (Å²) in [6, 6.07) is 0. The van der Waals surface area contributed by atoms with E-state index in [4.69, 9.17) is 11.5 Å². The summed E-state index contributed by atoms with van der Waals surface area (Å²) in [6.07, 6.45) is 3.67. The fourth-order valence-electron chi connectivity index (χ4n) is 0.479. The van der Waals surface area contributed by atoms with Gasteiger partial charge in [-0.1, -0.05) is 6.08 Å². The number of amides is 1. The van der Waals surface area contributed by atoms with Crippen LogP contribution in [-0.4, -0.2) is 11.4 Å². The highest BCUT2D eigenvalue weighted by atomic mass is 16.1. The van der Waals surface area contributed by atoms with E-state index in [1.165, 1.54) is 6.08 Å². The Labute approximate surface area is 61.1 Å². The molecule has 0 spiro atoms. The first kappa shape index (κ1) is 9.17. The molecule has 3 nitrogen and oxygen atoms in total. The predicted octanol–water partition coefficient (Wildman–Crippen LogP) is 0.155. The van der Waals surface area contributed by atoms with Crippen molar-refractivity contribution in [1.29, 1.82) is 0 Å². The molecule has 0 bridgehead atoms. The standard InChI is InChI=1S/C7H14N2O/c1-7(2,9)5-3-4-6(8)10/h3-4H,5,9H2,1-2H3,(H2,8,10)/b4-3+. The van der Waals surface area contributed by atoms with Crippen molar-refractivity contribution in [1.82, 2.24) is 0 Å². The molecule has 0 unspecified atom stereocenters. The lowest BCUT2D eigenvalue weighted by Gasteiger charge is -2.14. The van der Waals surface area contributed by atoms with Gasteiger partial charge in [-0.15, -0.1) is 0 Å². The van der Waals surface area contributed by atoms with E-state index in [2.05, 4.69) is 0 Å². The largest absolute Gasteiger partial charge is 0.366 e. The van der Waals surface area contributed by atoms with Gasteiger partial charge in [0.25, 0.3) is 0 Å². The van der Waals surface area contributed by atoms with E-state index in [1.54, 1.807) is 6.08 Å². The van der Waals surface area contributed by atoms with Gasteiger partial charge in [-0.25, -0.2) is 0 Å². The number of hydrogen-bond donors (Lipinski definition) is 2. The number of hydrogen-bond acceptors (Lipinski definition) is 2. The van der Waals surface area contributed by atoms with E-state index in [1.807, 2.05) is 13.8 Å². The van der Waals surface area contributed by atoms with Crippen LogP contribution in [0.3, 0.4) is 0 Å². The smallest absolute Gasteiger partial charge is 0.241 e. The Kier molecular flexibility index (Phi) is 3.09. The van der Waals surface area contributed by atoms with Gasteiger partial charge < -0.3 is 11.5 Å². The maximum atomic E-state index is 10.2. The molecule has 4 N–H and O–H groups in total. The Balaban J connectivity index is 3.64. The highest BCUT2D eigenvalue weighted by Gasteiger charge is 2.06. The second-order valence-corrected chi connectivity index (χ2v) is 3.00. The number of rotatable bonds is 3. The molecular formula is C7H14N2O. The van der Waals surface area contributed by atoms with Gasteiger partial charge in [0.1, 0.15) is 0 Å². The van der Waals surface area contributed by atoms with Gasteiger partial charge in [-0.2, -0.15) is 0 Å². The lowest BCUT2D eigenvalue weighted by molar-refractivity contribution is -0.113. The molecule has 0 radical (unpaired) electrons. The summed E-state index contributed by atoms with van der Waals surface area (Å²) < 4.78 is 0. The zero-order valence-electron chi connectivity index (χ0n) is 6.42. The molecule has 0 aromatic rings. The van der Waals surface area contributed by atoms with Crippen molar-refractivity contribution in [3.05, 3.63) is 12.2 Å². The van der Waals surface area contributed by atoms with E-state index < -0.39 is 5.91 Å². The summed E-state index contributed by atoms with van der Waals surface area (Å²) in [6.45, 7) is 3.77. The minimum atomic E-state index is -0.427. The fraction of sp³-hybridized carbons (Fsp3) is 0.571. The van der Waals surface area contributed by atoms with Crippen molar-refractivity contribution >= 4 is 5.91 Å². The third-order valence-electron chi connectivity index (χ3n) is 0.926. The zero-order chi connectivity index (χ0) is 8.20. The van der Waals surface area contributed by atoms with Gasteiger partial charge in [0, 0.05) is 5.54 Å². The summed E-state index contributed by atoms with van der Waals surface area (Å²) in [5, 5.41) is 0. The van der Waals surface area contributed by atoms with Gasteiger partial charge in [0.2, 0.25) is 5.91 Å². The van der Waals surface area contributed by atoms with Crippen molar-refractivity contribution in [2.75, 3.05) is 0 Å². The molecular weight excluding hydrogens is 128 g/mol. The van der Waals surface area contributed by atoms with Gasteiger partial charge in [-0.05, 0) is 26.3 Å². The molecule has 0 rings (SSSR count). The number of carbonyl (C=O) groups is 1. The monoisotopic (exact) mass is 142 g/mol. The van der Waals surface area contributed by atoms with Gasteiger partial charge >= 0.3 is 0 Å². The summed E-state index contributed by atoms with van der Waals surface area (Å²) in [4.78, 5) is 10.2. The Morgan fingerprint density at radius 3 is 2.40 bits per heavy atom. The lowest BCUT2D eigenvalue weighted by atomic mass is 10.0. The van der Waals surface area contributed by atoms with Gasteiger partial charge in [-0.3, -0.25) is 4.79 Å². The first-order valence-electron chi connectivity index (χ1n) is 3.17. The van der Waals surface area contributed by atoms with Crippen LogP contribution < -0.4 is 11.5 Å². The molecule has 0 aromatic heterocycles. The van der Waals surface area contributed by atoms with Crippen LogP contribution in [-0.2, 0) is 4.79 Å². The minimum Gasteiger partial charge on any atom is -0.366 e. The maximum absolute atomic E-state index is 10.2. The Bertz CT molecular complexity index is 144. The third kappa shape index (κ3) is 7.17. The van der Waals surface area contributed by atoms with Crippen LogP contribution in [0.25, 0.3) is 0 Å². The SMILES string of the molecule is CC(C)(N)C/C=C/C(N)=O. The van der Waals surface area contributed by atoms with Crippen molar-refractivity contribution in [2.24, 2.45) is 11.5 Å². The topological polar surface area (TPSA) is 69.1 Å². The predicted molar refractivity (Wildman–Crippen MR) is 41.2 cm³/mol. The molecule has 0 aliphatic rings. The molecule has 0 fully saturated rings. The molecule has 0 saturated heterocycles. The first-order chi connectivity index (χ1) is 4.42. The summed E-state index contributed by atoms with van der Waals surface area (Å²) in [7, 11) is 0. The number of primary amides is 1. The molecule has 0 aromatic carbocycles. The Hall–Kier alpha value is -0.830. The van der Waals surface area contributed by atoms with E-state index in [-0.39, 0.29) is 5.54 Å². The van der Waals surface area contributed by atoms with Gasteiger partial charge in [0.05, 0.1) is 0 Å². The molecule has 0 heterocycles. The third-order valence-corrected chi connectivity index (χ3v) is 0.926. The van der Waals surface area contributed by atoms with Crippen molar-refractivity contribution < 1.29 is 4.79 Å². The second-order valence-electron chi connectivity index (χ2n) is 3.00. The Morgan fingerprint density at radius 2 is 2.10 bits per heavy atom. The van der Waals surface area contributed by atoms with Crippen LogP contribution in [0.1, 0.15) is 20.3 Å². The fourth-order valence-corrected chi connectivity index (χ4v) is 0.479. The number of carbonyl (C=O) groups excluding carboxylic acids is 1. The minimum absolute atomic E-state index is 0.258. The van der Waals surface area contributed by atoms with Crippen LogP contribution in [0, 0.1) is 0 Å². The molecule has 3 heteroatoms. The van der Waals surface area contributed by atoms with Crippen molar-refractivity contribution in [3.63, 3.8) is 0 Å². The molecule has 0 saturated carbocycles. The molecule has 0 aliphatic carbocycles. The van der Waals surface area contributed by atoms with E-state index in [0.29, 0.717) is 6.42 Å². The normalized spacial score (nSPS) is 12.3. The van der Waals surface area contributed by atoms with E-state index >= 15 is 0 Å². The van der Waals surface area contributed by atoms with Crippen LogP contribution in [0.5, 0.6) is 0 Å². The molecule has 1 amide bonds. The second kappa shape index (κ2) is 3.37. The summed E-state index contributed by atoms with van der Waals surface area (Å²) in [5.41, 5.74) is 10.2. The average molecular weight is 142 g/mol. The van der Waals surface area contributed by atoms with E-state index in [0.717, 1.165) is 0 Å². The van der Waals surface area contributed by atoms with Crippen molar-refractivity contribution in [3.8, 4) is 0 Å². The first-order valence-corrected chi connectivity index (χ1v) is 3.17. The van der Waals surface area contributed by atoms with Crippen molar-refractivity contribution in [2.45, 2.75) is 25.8 Å². The van der Waals surface area contributed by atoms with Crippen LogP contribution in [0.15, 0.2) is 12.2 Å². The zero-order valence-corrected chi connectivity index (χ0v) is 6.42. The van der Waals surface area contributed by atoms with Gasteiger partial charge in [0.15, 0.2) is 0 Å². The molecule has 10 heavy (non-hydrogen) atoms. The quantitative estimate of drug-likeness (QED) is 0.551. The molecule has 0 aliphatic heterocycles. The Morgan fingerprint density at radius 1 is 1.60 bits per heavy atom. The molecule has 0 atom stereocenters. The summed E-state index contributed by atoms with van der Waals surface area (Å²) in [5.74, 6) is -0.427. The molecule has 58 valence electrons. The maximum Gasteiger partial charge on any atom is 0.241 e. The highest BCUT2D eigenvalue weighted by Crippen LogP contribution is 2.03.